The second-order valence-electron chi connectivity index (χ2n) is 5.12. The van der Waals surface area contributed by atoms with Gasteiger partial charge in [-0.2, -0.15) is 0 Å². The molecule has 3 N–H and O–H groups in total. The normalized spacial score (nSPS) is 11.1. The molecule has 0 unspecified atom stereocenters. The van der Waals surface area contributed by atoms with Crippen molar-refractivity contribution in [1.82, 2.24) is 5.32 Å². The first-order chi connectivity index (χ1) is 13.0. The fourth-order valence-corrected chi connectivity index (χ4v) is 3.27. The first-order valence-corrected chi connectivity index (χ1v) is 8.72. The number of urea groups is 1. The van der Waals surface area contributed by atoms with Crippen LogP contribution in [-0.2, 0) is 10.0 Å². The number of carbonyl (C=O) groups excluding carboxylic acids is 1. The predicted octanol–water partition coefficient (Wildman–Crippen LogP) is 2.94. The Bertz CT molecular complexity index is 1020. The Hall–Kier alpha value is -3.09. The van der Waals surface area contributed by atoms with Gasteiger partial charge in [0.05, 0.1) is 18.5 Å². The van der Waals surface area contributed by atoms with Crippen molar-refractivity contribution in [2.45, 2.75) is 4.90 Å². The molecule has 0 bridgehead atoms. The lowest BCUT2D eigenvalue weighted by Gasteiger charge is -2.14. The Labute approximate surface area is 155 Å². The molecule has 0 spiro atoms. The molecule has 0 fully saturated rings. The van der Waals surface area contributed by atoms with Crippen molar-refractivity contribution in [2.75, 3.05) is 24.2 Å². The van der Waals surface area contributed by atoms with Crippen molar-refractivity contribution >= 4 is 27.4 Å². The zero-order valence-electron chi connectivity index (χ0n) is 14.2. The number of methoxy groups -OCH3 is 1. The fourth-order valence-electron chi connectivity index (χ4n) is 2.08. The van der Waals surface area contributed by atoms with Crippen molar-refractivity contribution < 1.29 is 39.9 Å². The highest BCUT2D eigenvalue weighted by molar-refractivity contribution is 7.92. The zero-order valence-corrected chi connectivity index (χ0v) is 15.0. The van der Waals surface area contributed by atoms with E-state index < -0.39 is 50.0 Å². The Morgan fingerprint density at radius 1 is 0.964 bits per heavy atom. The average Bonchev–Trinajstić information content (AvgIpc) is 2.64. The highest BCUT2D eigenvalue weighted by Gasteiger charge is 2.33. The van der Waals surface area contributed by atoms with Gasteiger partial charge in [0, 0.05) is 7.05 Å². The second-order valence-corrected chi connectivity index (χ2v) is 6.74. The summed E-state index contributed by atoms with van der Waals surface area (Å²) in [6, 6.07) is 2.59. The number of ether oxygens (including phenoxy) is 1. The number of hydrogen-bond acceptors (Lipinski definition) is 4. The quantitative estimate of drug-likeness (QED) is 0.390. The molecule has 2 rings (SSSR count). The molecule has 13 heteroatoms. The Morgan fingerprint density at radius 3 is 2.00 bits per heavy atom. The van der Waals surface area contributed by atoms with Crippen LogP contribution in [0.25, 0.3) is 0 Å². The van der Waals surface area contributed by atoms with Crippen molar-refractivity contribution in [3.63, 3.8) is 0 Å². The summed E-state index contributed by atoms with van der Waals surface area (Å²) in [6.07, 6.45) is 0. The Kier molecular flexibility index (Phi) is 5.97. The molecule has 7 nitrogen and oxygen atoms in total. The number of halogens is 5. The van der Waals surface area contributed by atoms with Gasteiger partial charge in [-0.3, -0.25) is 4.72 Å². The highest BCUT2D eigenvalue weighted by Crippen LogP contribution is 2.31. The number of rotatable bonds is 5. The first kappa shape index (κ1) is 21.2. The van der Waals surface area contributed by atoms with Crippen LogP contribution in [0.3, 0.4) is 0 Å². The number of anilines is 2. The van der Waals surface area contributed by atoms with Crippen LogP contribution < -0.4 is 20.1 Å². The highest BCUT2D eigenvalue weighted by atomic mass is 32.2. The minimum Gasteiger partial charge on any atom is -0.495 e. The third kappa shape index (κ3) is 3.93. The number of benzene rings is 2. The van der Waals surface area contributed by atoms with Crippen LogP contribution in [0.4, 0.5) is 38.1 Å². The van der Waals surface area contributed by atoms with Crippen molar-refractivity contribution in [2.24, 2.45) is 0 Å². The topological polar surface area (TPSA) is 96.5 Å². The van der Waals surface area contributed by atoms with Gasteiger partial charge in [-0.25, -0.2) is 35.2 Å². The molecule has 0 saturated carbocycles. The number of sulfonamides is 1. The van der Waals surface area contributed by atoms with Crippen LogP contribution in [0, 0.1) is 29.1 Å². The van der Waals surface area contributed by atoms with E-state index in [-0.39, 0.29) is 17.1 Å². The summed E-state index contributed by atoms with van der Waals surface area (Å²) in [5.74, 6) is -12.2. The summed E-state index contributed by atoms with van der Waals surface area (Å²) in [5, 5.41) is 4.53. The minimum atomic E-state index is -5.22. The third-order valence-corrected chi connectivity index (χ3v) is 4.77. The van der Waals surface area contributed by atoms with Gasteiger partial charge in [0.1, 0.15) is 5.75 Å². The monoisotopic (exact) mass is 425 g/mol. The molecule has 0 radical (unpaired) electrons. The number of nitrogens with one attached hydrogen (secondary N) is 3. The maximum atomic E-state index is 13.8. The van der Waals surface area contributed by atoms with E-state index in [1.807, 2.05) is 0 Å². The SMILES string of the molecule is CNC(=O)Nc1cc(NS(=O)(=O)c2c(F)c(F)c(F)c(F)c2F)ccc1OC. The third-order valence-electron chi connectivity index (χ3n) is 3.37. The predicted molar refractivity (Wildman–Crippen MR) is 88.1 cm³/mol. The zero-order chi connectivity index (χ0) is 21.2. The molecule has 152 valence electrons. The van der Waals surface area contributed by atoms with Gasteiger partial charge in [0.2, 0.25) is 5.82 Å². The Morgan fingerprint density at radius 2 is 1.50 bits per heavy atom. The number of amides is 2. The molecule has 0 aromatic heterocycles. The fraction of sp³-hybridized carbons (Fsp3) is 0.133. The molecule has 0 atom stereocenters. The van der Waals surface area contributed by atoms with E-state index in [4.69, 9.17) is 4.74 Å². The first-order valence-electron chi connectivity index (χ1n) is 7.24. The number of carbonyl (C=O) groups is 1. The molecule has 2 amide bonds. The smallest absolute Gasteiger partial charge is 0.319 e. The van der Waals surface area contributed by atoms with Gasteiger partial charge >= 0.3 is 6.03 Å². The summed E-state index contributed by atoms with van der Waals surface area (Å²) in [6.45, 7) is 0. The molecule has 0 aliphatic heterocycles. The van der Waals surface area contributed by atoms with Crippen LogP contribution in [-0.4, -0.2) is 28.6 Å². The van der Waals surface area contributed by atoms with Crippen LogP contribution in [0.1, 0.15) is 0 Å². The molecular weight excluding hydrogens is 413 g/mol. The standard InChI is InChI=1S/C15H12F5N3O4S/c1-21-15(24)22-7-5-6(3-4-8(7)27-2)23-28(25,26)14-12(19)10(17)9(16)11(18)13(14)20/h3-5,23H,1-2H3,(H2,21,22,24). The molecule has 2 aromatic rings. The summed E-state index contributed by atoms with van der Waals surface area (Å²) in [4.78, 5) is 9.39. The van der Waals surface area contributed by atoms with Gasteiger partial charge in [0.15, 0.2) is 28.2 Å². The minimum absolute atomic E-state index is 0.0422. The molecule has 0 saturated heterocycles. The largest absolute Gasteiger partial charge is 0.495 e. The molecule has 28 heavy (non-hydrogen) atoms. The van der Waals surface area contributed by atoms with Gasteiger partial charge in [0.25, 0.3) is 10.0 Å². The summed E-state index contributed by atoms with van der Waals surface area (Å²) in [7, 11) is -2.67. The van der Waals surface area contributed by atoms with E-state index in [1.54, 1.807) is 4.72 Å². The van der Waals surface area contributed by atoms with Crippen LogP contribution in [0.15, 0.2) is 23.1 Å². The van der Waals surface area contributed by atoms with Gasteiger partial charge in [-0.1, -0.05) is 0 Å². The molecule has 2 aromatic carbocycles. The van der Waals surface area contributed by atoms with Gasteiger partial charge < -0.3 is 15.4 Å². The average molecular weight is 425 g/mol. The van der Waals surface area contributed by atoms with Crippen LogP contribution in [0.5, 0.6) is 5.75 Å². The van der Waals surface area contributed by atoms with E-state index >= 15 is 0 Å². The summed E-state index contributed by atoms with van der Waals surface area (Å²) >= 11 is 0. The summed E-state index contributed by atoms with van der Waals surface area (Å²) in [5.41, 5.74) is -0.393. The second kappa shape index (κ2) is 7.88. The lowest BCUT2D eigenvalue weighted by molar-refractivity contribution is 0.254. The Balaban J connectivity index is 2.51. The van der Waals surface area contributed by atoms with E-state index in [9.17, 15) is 35.2 Å². The molecule has 0 heterocycles. The van der Waals surface area contributed by atoms with E-state index in [0.29, 0.717) is 0 Å². The van der Waals surface area contributed by atoms with Crippen molar-refractivity contribution in [3.8, 4) is 5.75 Å². The van der Waals surface area contributed by atoms with Crippen molar-refractivity contribution in [1.29, 1.82) is 0 Å². The van der Waals surface area contributed by atoms with E-state index in [2.05, 4.69) is 10.6 Å². The van der Waals surface area contributed by atoms with E-state index in [1.165, 1.54) is 20.2 Å². The number of hydrogen-bond donors (Lipinski definition) is 3. The van der Waals surface area contributed by atoms with Crippen LogP contribution >= 0.6 is 0 Å². The lowest BCUT2D eigenvalue weighted by atomic mass is 10.2. The van der Waals surface area contributed by atoms with Crippen LogP contribution in [0.2, 0.25) is 0 Å². The molecule has 0 aliphatic rings. The van der Waals surface area contributed by atoms with Crippen molar-refractivity contribution in [3.05, 3.63) is 47.3 Å². The van der Waals surface area contributed by atoms with Gasteiger partial charge in [-0.15, -0.1) is 0 Å². The maximum absolute atomic E-state index is 13.8. The molecule has 0 aliphatic carbocycles. The summed E-state index contributed by atoms with van der Waals surface area (Å²) < 4.78 is 98.4. The molecular formula is C15H12F5N3O4S. The van der Waals surface area contributed by atoms with E-state index in [0.717, 1.165) is 12.1 Å². The van der Waals surface area contributed by atoms with Gasteiger partial charge in [-0.05, 0) is 18.2 Å². The maximum Gasteiger partial charge on any atom is 0.319 e. The lowest BCUT2D eigenvalue weighted by Crippen LogP contribution is -2.25.